The summed E-state index contributed by atoms with van der Waals surface area (Å²) in [7, 11) is 2.14. The maximum atomic E-state index is 13.2. The maximum absolute atomic E-state index is 13.2. The number of fused-ring (bicyclic) bond motifs is 3. The van der Waals surface area contributed by atoms with Crippen molar-refractivity contribution >= 4 is 67.7 Å². The van der Waals surface area contributed by atoms with Crippen molar-refractivity contribution in [3.05, 3.63) is 112 Å². The number of piperidine rings is 2. The lowest BCUT2D eigenvalue weighted by Gasteiger charge is -2.56. The van der Waals surface area contributed by atoms with Crippen molar-refractivity contribution in [1.29, 1.82) is 5.41 Å². The highest BCUT2D eigenvalue weighted by atomic mass is 32.1. The highest BCUT2D eigenvalue weighted by molar-refractivity contribution is 7.22. The average molecular weight is 1110 g/mol. The highest BCUT2D eigenvalue weighted by Crippen LogP contribution is 2.66. The third-order valence-corrected chi connectivity index (χ3v) is 18.4. The summed E-state index contributed by atoms with van der Waals surface area (Å²) < 4.78 is 14.1. The number of benzene rings is 2. The monoisotopic (exact) mass is 1110 g/mol. The molecule has 2 aromatic carbocycles. The lowest BCUT2D eigenvalue weighted by atomic mass is 9.53. The van der Waals surface area contributed by atoms with Gasteiger partial charge in [0, 0.05) is 54.7 Å². The number of hydrogen-bond donors (Lipinski definition) is 6. The molecule has 4 aliphatic carbocycles. The number of likely N-dealkylation sites (tertiary alicyclic amines) is 1. The zero-order valence-corrected chi connectivity index (χ0v) is 47.3. The molecule has 6 atom stereocenters. The normalized spacial score (nSPS) is 28.5. The Morgan fingerprint density at radius 2 is 1.75 bits per heavy atom. The number of rotatable bonds is 19. The van der Waals surface area contributed by atoms with Crippen LogP contribution in [-0.4, -0.2) is 124 Å². The van der Waals surface area contributed by atoms with Crippen LogP contribution in [0.15, 0.2) is 111 Å². The Balaban J connectivity index is 0.710. The number of aliphatic hydroxyl groups is 1. The van der Waals surface area contributed by atoms with Gasteiger partial charge in [-0.15, -0.1) is 0 Å². The summed E-state index contributed by atoms with van der Waals surface area (Å²) in [5.41, 5.74) is 17.2. The molecular weight excluding hydrogens is 1030 g/mol. The molecular formula is C60H74N11O8S-. The number of allylic oxidation sites excluding steroid dienone is 3. The van der Waals surface area contributed by atoms with Crippen molar-refractivity contribution in [3.63, 3.8) is 0 Å². The van der Waals surface area contributed by atoms with Crippen molar-refractivity contribution in [2.75, 3.05) is 46.4 Å². The van der Waals surface area contributed by atoms with E-state index >= 15 is 0 Å². The van der Waals surface area contributed by atoms with E-state index in [9.17, 15) is 34.8 Å². The van der Waals surface area contributed by atoms with E-state index in [1.54, 1.807) is 35.3 Å². The first kappa shape index (κ1) is 56.1. The Kier molecular flexibility index (Phi) is 16.0. The van der Waals surface area contributed by atoms with E-state index in [0.29, 0.717) is 83.7 Å². The number of imide groups is 2. The van der Waals surface area contributed by atoms with Gasteiger partial charge in [-0.1, -0.05) is 37.3 Å². The van der Waals surface area contributed by atoms with Gasteiger partial charge >= 0.3 is 0 Å². The molecule has 3 aromatic rings. The number of aliphatic hydroxyl groups excluding tert-OH is 1. The fourth-order valence-electron chi connectivity index (χ4n) is 14.3. The molecule has 19 nitrogen and oxygen atoms in total. The topological polar surface area (TPSA) is 277 Å². The van der Waals surface area contributed by atoms with Gasteiger partial charge in [0.1, 0.15) is 29.3 Å². The number of hydrogen-bond acceptors (Lipinski definition) is 16. The SMILES string of the molecule is CC(=NCC1CC2(C)CC3(C)CC1CC(OCCN(C)CCCCCOc1ccc4c(c1)C(=O)N(C1CCC(=O)NC1=O)C4=O)(C2)C3)/C(=C\N)C1=CC=C(N2CCC/C(=C(C)/C(N)=N\c3nc4ccccc4s3)C2=N)N/C1=C(/[O-])O. The van der Waals surface area contributed by atoms with Gasteiger partial charge < -0.3 is 46.3 Å². The van der Waals surface area contributed by atoms with Crippen molar-refractivity contribution in [2.45, 2.75) is 123 Å². The predicted octanol–water partition coefficient (Wildman–Crippen LogP) is 7.40. The summed E-state index contributed by atoms with van der Waals surface area (Å²) in [6.07, 6.45) is 15.7. The number of amides is 4. The van der Waals surface area contributed by atoms with Crippen LogP contribution in [0.5, 0.6) is 5.75 Å². The molecule has 2 saturated heterocycles. The number of carbonyl (C=O) groups excluding carboxylic acids is 4. The van der Waals surface area contributed by atoms with Crippen molar-refractivity contribution in [2.24, 2.45) is 44.1 Å². The van der Waals surface area contributed by atoms with E-state index in [4.69, 9.17) is 25.9 Å². The smallest absolute Gasteiger partial charge is 0.262 e. The van der Waals surface area contributed by atoms with Crippen LogP contribution >= 0.6 is 11.3 Å². The molecule has 6 unspecified atom stereocenters. The van der Waals surface area contributed by atoms with Crippen LogP contribution in [0.4, 0.5) is 5.13 Å². The van der Waals surface area contributed by atoms with Gasteiger partial charge in [0.25, 0.3) is 11.8 Å². The Morgan fingerprint density at radius 1 is 0.975 bits per heavy atom. The number of dihydropyridines is 1. The minimum absolute atomic E-state index is 0.0376. The number of amidine groups is 2. The Morgan fingerprint density at radius 3 is 2.51 bits per heavy atom. The number of nitrogens with one attached hydrogen (secondary N) is 3. The van der Waals surface area contributed by atoms with Gasteiger partial charge in [0.2, 0.25) is 16.9 Å². The van der Waals surface area contributed by atoms with E-state index in [1.165, 1.54) is 17.5 Å². The molecule has 8 aliphatic rings. The number of nitrogens with two attached hydrogens (primary N) is 2. The molecule has 0 spiro atoms. The van der Waals surface area contributed by atoms with E-state index < -0.39 is 35.6 Å². The van der Waals surface area contributed by atoms with Gasteiger partial charge in [0.05, 0.1) is 51.8 Å². The Labute approximate surface area is 471 Å². The molecule has 11 rings (SSSR count). The first-order chi connectivity index (χ1) is 38.2. The van der Waals surface area contributed by atoms with Crippen LogP contribution in [0, 0.1) is 28.1 Å². The summed E-state index contributed by atoms with van der Waals surface area (Å²) in [5, 5.41) is 38.8. The van der Waals surface area contributed by atoms with Crippen LogP contribution in [0.1, 0.15) is 132 Å². The zero-order valence-electron chi connectivity index (χ0n) is 46.5. The van der Waals surface area contributed by atoms with Gasteiger partial charge in [-0.3, -0.25) is 39.8 Å². The molecule has 424 valence electrons. The lowest BCUT2D eigenvalue weighted by molar-refractivity contribution is -0.350. The number of nitrogens with zero attached hydrogens (tertiary/aromatic N) is 6. The lowest BCUT2D eigenvalue weighted by Crippen LogP contribution is -2.54. The van der Waals surface area contributed by atoms with Gasteiger partial charge in [-0.2, -0.15) is 0 Å². The second kappa shape index (κ2) is 22.8. The van der Waals surface area contributed by atoms with E-state index in [0.717, 1.165) is 98.0 Å². The minimum Gasteiger partial charge on any atom is -0.628 e. The fraction of sp³-hybridized carbons (Fsp3) is 0.500. The molecule has 4 aliphatic heterocycles. The molecule has 80 heavy (non-hydrogen) atoms. The number of likely N-dealkylation sites (N-methyl/N-ethyl adjacent to an activating group) is 1. The minimum atomic E-state index is -1.15. The van der Waals surface area contributed by atoms with Crippen molar-refractivity contribution in [1.82, 2.24) is 30.3 Å². The molecule has 5 heterocycles. The van der Waals surface area contributed by atoms with Crippen LogP contribution in [0.3, 0.4) is 0 Å². The van der Waals surface area contributed by atoms with Crippen molar-refractivity contribution in [3.8, 4) is 5.75 Å². The van der Waals surface area contributed by atoms with E-state index in [2.05, 4.69) is 46.4 Å². The summed E-state index contributed by atoms with van der Waals surface area (Å²) in [4.78, 5) is 69.8. The standard InChI is InChI=1S/C60H75N11O8S/c1-35(51(62)68-57-65-45-13-7-8-14-47(45)80-57)40-12-11-22-70(52(40)63)48-19-17-41(50(66-48)56(76)77)44(30-61)36(2)64-31-38-28-59(4)32-58(3)27-37(38)29-60(33-58,34-59)79-25-23-69(5)21-9-6-10-24-78-39-15-16-42-43(26-39)55(75)71(54(42)74)46-18-20-49(72)67-53(46)73/h7-8,13-17,19,26,30,37-38,46,63,66,76-77H,6,9-12,18,20-25,27-29,31-34,61H2,1-5H3,(H2,62,65,68)(H,67,72,73)/p-1/b40-35-,44-30+,63-52?,64-36?. The number of aliphatic imine (C=N–C) groups is 2. The summed E-state index contributed by atoms with van der Waals surface area (Å²) in [6.45, 7) is 12.6. The van der Waals surface area contributed by atoms with E-state index in [1.807, 2.05) is 38.1 Å². The number of carbonyl (C=O) groups is 4. The van der Waals surface area contributed by atoms with Crippen LogP contribution in [0.2, 0.25) is 0 Å². The molecule has 4 bridgehead atoms. The summed E-state index contributed by atoms with van der Waals surface area (Å²) >= 11 is 1.45. The van der Waals surface area contributed by atoms with E-state index in [-0.39, 0.29) is 57.8 Å². The molecule has 4 amide bonds. The first-order valence-corrected chi connectivity index (χ1v) is 28.9. The largest absolute Gasteiger partial charge is 0.628 e. The number of unbranched alkanes of at least 4 members (excludes halogenated alkanes) is 2. The number of ether oxygens (including phenoxy) is 2. The van der Waals surface area contributed by atoms with Gasteiger partial charge in [-0.25, -0.2) is 9.98 Å². The molecule has 0 radical (unpaired) electrons. The zero-order chi connectivity index (χ0) is 56.7. The number of thiazole rings is 1. The maximum Gasteiger partial charge on any atom is 0.262 e. The molecule has 8 N–H and O–H groups in total. The molecule has 6 fully saturated rings. The molecule has 1 aromatic heterocycles. The van der Waals surface area contributed by atoms with Crippen LogP contribution in [0.25, 0.3) is 10.2 Å². The van der Waals surface area contributed by atoms with Gasteiger partial charge in [0.15, 0.2) is 0 Å². The third kappa shape index (κ3) is 11.6. The predicted molar refractivity (Wildman–Crippen MR) is 306 cm³/mol. The highest BCUT2D eigenvalue weighted by Gasteiger charge is 2.60. The molecule has 20 heteroatoms. The average Bonchev–Trinajstić information content (AvgIpc) is 3.95. The summed E-state index contributed by atoms with van der Waals surface area (Å²) in [5.74, 6) is -1.04. The first-order valence-electron chi connectivity index (χ1n) is 28.1. The number of aromatic nitrogens is 1. The fourth-order valence-corrected chi connectivity index (χ4v) is 15.1. The quantitative estimate of drug-likeness (QED) is 0.0224. The second-order valence-corrected chi connectivity index (χ2v) is 24.8. The van der Waals surface area contributed by atoms with Crippen LogP contribution < -0.4 is 31.9 Å². The molecule has 4 saturated carbocycles. The second-order valence-electron chi connectivity index (χ2n) is 23.8. The van der Waals surface area contributed by atoms with Gasteiger partial charge in [-0.05, 0) is 175 Å². The van der Waals surface area contributed by atoms with Crippen molar-refractivity contribution < 1.29 is 38.9 Å². The third-order valence-electron chi connectivity index (χ3n) is 17.5. The van der Waals surface area contributed by atoms with Crippen LogP contribution in [-0.2, 0) is 14.3 Å². The Hall–Kier alpha value is -7.16. The Bertz CT molecular complexity index is 3210. The summed E-state index contributed by atoms with van der Waals surface area (Å²) in [6, 6.07) is 11.6. The number of para-hydroxylation sites is 1.